The lowest BCUT2D eigenvalue weighted by Gasteiger charge is -2.38. The van der Waals surface area contributed by atoms with Gasteiger partial charge in [0.15, 0.2) is 0 Å². The molecule has 1 saturated heterocycles. The van der Waals surface area contributed by atoms with Crippen LogP contribution in [0.1, 0.15) is 49.9 Å². The number of fused-ring (bicyclic) bond motifs is 1. The Morgan fingerprint density at radius 3 is 2.57 bits per heavy atom. The summed E-state index contributed by atoms with van der Waals surface area (Å²) in [5, 5.41) is 2.96. The average Bonchev–Trinajstić information content (AvgIpc) is 3.71. The van der Waals surface area contributed by atoms with Crippen molar-refractivity contribution in [3.05, 3.63) is 23.8 Å². The third kappa shape index (κ3) is 6.74. The van der Waals surface area contributed by atoms with E-state index in [0.29, 0.717) is 36.1 Å². The quantitative estimate of drug-likeness (QED) is 0.687. The molecule has 194 valence electrons. The van der Waals surface area contributed by atoms with Gasteiger partial charge in [0, 0.05) is 64.7 Å². The van der Waals surface area contributed by atoms with Crippen molar-refractivity contribution in [2.75, 3.05) is 58.9 Å². The number of benzene rings is 1. The van der Waals surface area contributed by atoms with Crippen molar-refractivity contribution in [3.8, 4) is 5.75 Å². The standard InChI is InChI=1S/C27H41N3O5/c1-18-14-30(15-20-9-11-34-12-10-20)19(2)17-35-24-8-7-22(28-26(31)21-5-6-21)13-23(24)27(32)29(3)16-25(18)33-4/h7-8,13,18-21,25H,5-6,9-12,14-17H2,1-4H3,(H,28,31)/t18-,19-,25-/m0/s1. The van der Waals surface area contributed by atoms with Gasteiger partial charge >= 0.3 is 0 Å². The minimum atomic E-state index is -0.135. The molecule has 1 aromatic carbocycles. The second-order valence-corrected chi connectivity index (χ2v) is 10.6. The maximum Gasteiger partial charge on any atom is 0.257 e. The molecule has 1 saturated carbocycles. The van der Waals surface area contributed by atoms with Crippen LogP contribution in [0, 0.1) is 17.8 Å². The van der Waals surface area contributed by atoms with Gasteiger partial charge in [-0.2, -0.15) is 0 Å². The molecule has 0 radical (unpaired) electrons. The molecule has 8 heteroatoms. The van der Waals surface area contributed by atoms with Crippen LogP contribution in [0.25, 0.3) is 0 Å². The Hall–Kier alpha value is -2.16. The Kier molecular flexibility index (Phi) is 8.68. The van der Waals surface area contributed by atoms with Crippen LogP contribution in [0.2, 0.25) is 0 Å². The van der Waals surface area contributed by atoms with Crippen molar-refractivity contribution < 1.29 is 23.8 Å². The number of nitrogens with zero attached hydrogens (tertiary/aromatic N) is 2. The minimum Gasteiger partial charge on any atom is -0.491 e. The van der Waals surface area contributed by atoms with E-state index in [0.717, 1.165) is 52.0 Å². The molecule has 2 amide bonds. The normalized spacial score (nSPS) is 27.4. The zero-order valence-corrected chi connectivity index (χ0v) is 21.6. The number of anilines is 1. The number of amides is 2. The smallest absolute Gasteiger partial charge is 0.257 e. The molecule has 8 nitrogen and oxygen atoms in total. The Bertz CT molecular complexity index is 884. The van der Waals surface area contributed by atoms with E-state index in [2.05, 4.69) is 24.1 Å². The molecule has 3 atom stereocenters. The molecule has 2 aliphatic heterocycles. The maximum absolute atomic E-state index is 13.5. The van der Waals surface area contributed by atoms with E-state index in [1.807, 2.05) is 6.07 Å². The molecule has 35 heavy (non-hydrogen) atoms. The molecule has 1 N–H and O–H groups in total. The molecular formula is C27H41N3O5. The largest absolute Gasteiger partial charge is 0.491 e. The number of rotatable bonds is 5. The van der Waals surface area contributed by atoms with E-state index in [9.17, 15) is 9.59 Å². The molecule has 2 heterocycles. The van der Waals surface area contributed by atoms with Crippen molar-refractivity contribution in [2.45, 2.75) is 51.7 Å². The van der Waals surface area contributed by atoms with Crippen molar-refractivity contribution in [3.63, 3.8) is 0 Å². The van der Waals surface area contributed by atoms with Gasteiger partial charge < -0.3 is 24.4 Å². The summed E-state index contributed by atoms with van der Waals surface area (Å²) in [6.07, 6.45) is 3.94. The second-order valence-electron chi connectivity index (χ2n) is 10.6. The van der Waals surface area contributed by atoms with E-state index in [-0.39, 0.29) is 35.8 Å². The third-order valence-electron chi connectivity index (χ3n) is 7.62. The number of nitrogens with one attached hydrogen (secondary N) is 1. The fourth-order valence-electron chi connectivity index (χ4n) is 5.03. The fraction of sp³-hybridized carbons (Fsp3) is 0.704. The van der Waals surface area contributed by atoms with E-state index in [1.54, 1.807) is 31.2 Å². The molecule has 0 spiro atoms. The van der Waals surface area contributed by atoms with E-state index in [1.165, 1.54) is 0 Å². The van der Waals surface area contributed by atoms with Gasteiger partial charge in [0.2, 0.25) is 5.91 Å². The summed E-state index contributed by atoms with van der Waals surface area (Å²) in [5.41, 5.74) is 1.09. The number of methoxy groups -OCH3 is 1. The summed E-state index contributed by atoms with van der Waals surface area (Å²) < 4.78 is 17.7. The van der Waals surface area contributed by atoms with Crippen molar-refractivity contribution in [1.82, 2.24) is 9.80 Å². The summed E-state index contributed by atoms with van der Waals surface area (Å²) in [6, 6.07) is 5.55. The molecule has 0 aromatic heterocycles. The molecule has 0 unspecified atom stereocenters. The number of carbonyl (C=O) groups is 2. The lowest BCUT2D eigenvalue weighted by Crippen LogP contribution is -2.48. The number of hydrogen-bond acceptors (Lipinski definition) is 6. The van der Waals surface area contributed by atoms with E-state index < -0.39 is 0 Å². The molecule has 1 aliphatic carbocycles. The van der Waals surface area contributed by atoms with Gasteiger partial charge in [-0.1, -0.05) is 6.92 Å². The van der Waals surface area contributed by atoms with E-state index >= 15 is 0 Å². The van der Waals surface area contributed by atoms with Gasteiger partial charge in [-0.25, -0.2) is 0 Å². The number of likely N-dealkylation sites (N-methyl/N-ethyl adjacent to an activating group) is 1. The van der Waals surface area contributed by atoms with Crippen LogP contribution in [-0.4, -0.2) is 87.4 Å². The first kappa shape index (κ1) is 25.9. The zero-order chi connectivity index (χ0) is 24.9. The Morgan fingerprint density at radius 2 is 1.89 bits per heavy atom. The van der Waals surface area contributed by atoms with Crippen LogP contribution in [0.3, 0.4) is 0 Å². The predicted octanol–water partition coefficient (Wildman–Crippen LogP) is 3.27. The summed E-state index contributed by atoms with van der Waals surface area (Å²) in [4.78, 5) is 30.0. The summed E-state index contributed by atoms with van der Waals surface area (Å²) in [7, 11) is 3.52. The first-order chi connectivity index (χ1) is 16.9. The number of ether oxygens (including phenoxy) is 3. The molecular weight excluding hydrogens is 446 g/mol. The monoisotopic (exact) mass is 487 g/mol. The fourth-order valence-corrected chi connectivity index (χ4v) is 5.03. The van der Waals surface area contributed by atoms with Crippen molar-refractivity contribution >= 4 is 17.5 Å². The highest BCUT2D eigenvalue weighted by molar-refractivity contribution is 6.00. The average molecular weight is 488 g/mol. The minimum absolute atomic E-state index is 0.0190. The van der Waals surface area contributed by atoms with Gasteiger partial charge in [0.1, 0.15) is 12.4 Å². The molecule has 2 fully saturated rings. The van der Waals surface area contributed by atoms with Crippen LogP contribution in [0.5, 0.6) is 5.75 Å². The van der Waals surface area contributed by atoms with Gasteiger partial charge in [-0.3, -0.25) is 14.5 Å². The molecule has 1 aromatic rings. The Labute approximate surface area is 209 Å². The van der Waals surface area contributed by atoms with Gasteiger partial charge in [0.05, 0.1) is 11.7 Å². The zero-order valence-electron chi connectivity index (χ0n) is 21.6. The Balaban J connectivity index is 1.58. The lowest BCUT2D eigenvalue weighted by atomic mass is 9.96. The van der Waals surface area contributed by atoms with Crippen LogP contribution >= 0.6 is 0 Å². The first-order valence-corrected chi connectivity index (χ1v) is 13.0. The predicted molar refractivity (Wildman–Crippen MR) is 135 cm³/mol. The summed E-state index contributed by atoms with van der Waals surface area (Å²) in [6.45, 7) is 8.89. The van der Waals surface area contributed by atoms with Crippen molar-refractivity contribution in [2.24, 2.45) is 17.8 Å². The summed E-state index contributed by atoms with van der Waals surface area (Å²) in [5.74, 6) is 1.38. The van der Waals surface area contributed by atoms with Gasteiger partial charge in [-0.15, -0.1) is 0 Å². The molecule has 4 rings (SSSR count). The SMILES string of the molecule is CO[C@H]1CN(C)C(=O)c2cc(NC(=O)C3CC3)ccc2OC[C@H](C)N(CC2CCOCC2)C[C@@H]1C. The highest BCUT2D eigenvalue weighted by Crippen LogP contribution is 2.32. The van der Waals surface area contributed by atoms with Gasteiger partial charge in [0.25, 0.3) is 5.91 Å². The summed E-state index contributed by atoms with van der Waals surface area (Å²) >= 11 is 0. The second kappa shape index (κ2) is 11.7. The third-order valence-corrected chi connectivity index (χ3v) is 7.62. The van der Waals surface area contributed by atoms with Crippen LogP contribution in [0.15, 0.2) is 18.2 Å². The lowest BCUT2D eigenvalue weighted by molar-refractivity contribution is -0.117. The number of carbonyl (C=O) groups excluding carboxylic acids is 2. The maximum atomic E-state index is 13.5. The first-order valence-electron chi connectivity index (χ1n) is 13.0. The highest BCUT2D eigenvalue weighted by Gasteiger charge is 2.31. The van der Waals surface area contributed by atoms with Crippen LogP contribution in [0.4, 0.5) is 5.69 Å². The van der Waals surface area contributed by atoms with E-state index in [4.69, 9.17) is 14.2 Å². The molecule has 3 aliphatic rings. The highest BCUT2D eigenvalue weighted by atomic mass is 16.5. The molecule has 0 bridgehead atoms. The number of hydrogen-bond donors (Lipinski definition) is 1. The van der Waals surface area contributed by atoms with Crippen LogP contribution < -0.4 is 10.1 Å². The van der Waals surface area contributed by atoms with Crippen LogP contribution in [-0.2, 0) is 14.3 Å². The van der Waals surface area contributed by atoms with Gasteiger partial charge in [-0.05, 0) is 62.6 Å². The Morgan fingerprint density at radius 1 is 1.14 bits per heavy atom. The topological polar surface area (TPSA) is 80.3 Å². The van der Waals surface area contributed by atoms with Crippen molar-refractivity contribution in [1.29, 1.82) is 0 Å².